The summed E-state index contributed by atoms with van der Waals surface area (Å²) in [4.78, 5) is 13.7. The molecule has 3 heteroatoms. The molecule has 1 radical (unpaired) electrons. The molecule has 1 atom stereocenters. The fourth-order valence-electron chi connectivity index (χ4n) is 2.41. The van der Waals surface area contributed by atoms with Crippen LogP contribution in [0, 0.1) is 6.58 Å². The average Bonchev–Trinajstić information content (AvgIpc) is 2.90. The molecule has 1 heterocycles. The lowest BCUT2D eigenvalue weighted by molar-refractivity contribution is 0.179. The molecule has 0 spiro atoms. The fourth-order valence-corrected chi connectivity index (χ4v) is 2.41. The SMILES string of the molecule is [CH]=Cc1cccc(N2C(=O)OC[C@@H]2c2ccccc2)c1. The molecule has 0 bridgehead atoms. The quantitative estimate of drug-likeness (QED) is 0.843. The zero-order valence-corrected chi connectivity index (χ0v) is 10.9. The van der Waals surface area contributed by atoms with Gasteiger partial charge in [0.05, 0.1) is 6.04 Å². The Morgan fingerprint density at radius 1 is 1.15 bits per heavy atom. The molecule has 20 heavy (non-hydrogen) atoms. The van der Waals surface area contributed by atoms with E-state index in [2.05, 4.69) is 0 Å². The van der Waals surface area contributed by atoms with Gasteiger partial charge >= 0.3 is 6.09 Å². The van der Waals surface area contributed by atoms with Crippen molar-refractivity contribution in [2.24, 2.45) is 0 Å². The third kappa shape index (κ3) is 2.18. The standard InChI is InChI=1S/C17H14NO2/c1-2-13-7-6-10-15(11-13)18-16(12-20-17(18)19)14-8-4-3-5-9-14/h1-11,16H,12H2/t16-/m1/s1. The molecule has 1 amide bonds. The minimum absolute atomic E-state index is 0.100. The predicted molar refractivity (Wildman–Crippen MR) is 78.2 cm³/mol. The first-order valence-corrected chi connectivity index (χ1v) is 6.45. The monoisotopic (exact) mass is 264 g/mol. The van der Waals surface area contributed by atoms with E-state index in [-0.39, 0.29) is 12.1 Å². The number of carbonyl (C=O) groups excluding carboxylic acids is 1. The molecule has 1 fully saturated rings. The highest BCUT2D eigenvalue weighted by atomic mass is 16.6. The molecule has 1 aliphatic heterocycles. The van der Waals surface area contributed by atoms with Gasteiger partial charge in [-0.3, -0.25) is 4.90 Å². The van der Waals surface area contributed by atoms with Crippen LogP contribution in [0.1, 0.15) is 17.2 Å². The van der Waals surface area contributed by atoms with E-state index >= 15 is 0 Å². The Morgan fingerprint density at radius 3 is 2.70 bits per heavy atom. The van der Waals surface area contributed by atoms with Crippen LogP contribution in [0.5, 0.6) is 0 Å². The van der Waals surface area contributed by atoms with E-state index in [4.69, 9.17) is 11.3 Å². The second-order valence-electron chi connectivity index (χ2n) is 4.64. The highest BCUT2D eigenvalue weighted by Gasteiger charge is 2.35. The Morgan fingerprint density at radius 2 is 1.95 bits per heavy atom. The number of cyclic esters (lactones) is 1. The summed E-state index contributed by atoms with van der Waals surface area (Å²) in [6.45, 7) is 5.90. The number of hydrogen-bond donors (Lipinski definition) is 0. The summed E-state index contributed by atoms with van der Waals surface area (Å²) in [7, 11) is 0. The first-order valence-electron chi connectivity index (χ1n) is 6.45. The van der Waals surface area contributed by atoms with Crippen molar-refractivity contribution in [2.45, 2.75) is 6.04 Å². The summed E-state index contributed by atoms with van der Waals surface area (Å²) < 4.78 is 5.21. The molecule has 99 valence electrons. The van der Waals surface area contributed by atoms with E-state index in [1.807, 2.05) is 54.6 Å². The van der Waals surface area contributed by atoms with Crippen LogP contribution in [-0.4, -0.2) is 12.7 Å². The highest BCUT2D eigenvalue weighted by molar-refractivity contribution is 5.91. The van der Waals surface area contributed by atoms with Gasteiger partial charge in [-0.05, 0) is 23.3 Å². The van der Waals surface area contributed by atoms with Crippen LogP contribution in [0.3, 0.4) is 0 Å². The lowest BCUT2D eigenvalue weighted by atomic mass is 10.1. The van der Waals surface area contributed by atoms with Gasteiger partial charge in [-0.25, -0.2) is 4.79 Å². The number of rotatable bonds is 3. The fraction of sp³-hybridized carbons (Fsp3) is 0.118. The first kappa shape index (κ1) is 12.5. The van der Waals surface area contributed by atoms with Gasteiger partial charge in [0.25, 0.3) is 0 Å². The number of hydrogen-bond acceptors (Lipinski definition) is 2. The number of carbonyl (C=O) groups is 1. The molecule has 0 saturated carbocycles. The van der Waals surface area contributed by atoms with Gasteiger partial charge in [0.1, 0.15) is 6.61 Å². The topological polar surface area (TPSA) is 29.5 Å². The third-order valence-corrected chi connectivity index (χ3v) is 3.40. The highest BCUT2D eigenvalue weighted by Crippen LogP contribution is 2.33. The normalized spacial score (nSPS) is 17.9. The zero-order chi connectivity index (χ0) is 13.9. The number of nitrogens with zero attached hydrogens (tertiary/aromatic N) is 1. The van der Waals surface area contributed by atoms with E-state index in [0.717, 1.165) is 16.8 Å². The average molecular weight is 264 g/mol. The molecule has 2 aromatic rings. The maximum absolute atomic E-state index is 12.0. The summed E-state index contributed by atoms with van der Waals surface area (Å²) in [6, 6.07) is 17.3. The van der Waals surface area contributed by atoms with Gasteiger partial charge < -0.3 is 4.74 Å². The first-order chi connectivity index (χ1) is 9.79. The molecule has 0 N–H and O–H groups in total. The minimum atomic E-state index is -0.326. The van der Waals surface area contributed by atoms with E-state index in [0.29, 0.717) is 6.61 Å². The van der Waals surface area contributed by atoms with Crippen molar-refractivity contribution in [1.29, 1.82) is 0 Å². The van der Waals surface area contributed by atoms with Crippen LogP contribution in [0.2, 0.25) is 0 Å². The largest absolute Gasteiger partial charge is 0.447 e. The van der Waals surface area contributed by atoms with E-state index in [9.17, 15) is 4.79 Å². The van der Waals surface area contributed by atoms with E-state index < -0.39 is 0 Å². The Balaban J connectivity index is 2.00. The zero-order valence-electron chi connectivity index (χ0n) is 10.9. The van der Waals surface area contributed by atoms with Gasteiger partial charge in [0, 0.05) is 5.69 Å². The molecule has 0 aliphatic carbocycles. The smallest absolute Gasteiger partial charge is 0.415 e. The molecule has 2 aromatic carbocycles. The summed E-state index contributed by atoms with van der Waals surface area (Å²) >= 11 is 0. The number of anilines is 1. The maximum atomic E-state index is 12.0. The summed E-state index contributed by atoms with van der Waals surface area (Å²) in [5, 5.41) is 0. The van der Waals surface area contributed by atoms with Gasteiger partial charge in [-0.2, -0.15) is 0 Å². The Bertz CT molecular complexity index is 636. The Kier molecular flexibility index (Phi) is 3.25. The van der Waals surface area contributed by atoms with Crippen LogP contribution in [0.25, 0.3) is 6.08 Å². The van der Waals surface area contributed by atoms with Crippen molar-refractivity contribution in [2.75, 3.05) is 11.5 Å². The predicted octanol–water partition coefficient (Wildman–Crippen LogP) is 3.83. The van der Waals surface area contributed by atoms with Gasteiger partial charge in [0.2, 0.25) is 0 Å². The maximum Gasteiger partial charge on any atom is 0.415 e. The lowest BCUT2D eigenvalue weighted by Crippen LogP contribution is -2.27. The van der Waals surface area contributed by atoms with Crippen molar-refractivity contribution >= 4 is 17.9 Å². The van der Waals surface area contributed by atoms with Gasteiger partial charge in [-0.15, -0.1) is 0 Å². The van der Waals surface area contributed by atoms with Crippen molar-refractivity contribution in [3.63, 3.8) is 0 Å². The second kappa shape index (κ2) is 5.21. The molecule has 0 aromatic heterocycles. The summed E-state index contributed by atoms with van der Waals surface area (Å²) in [6.07, 6.45) is 1.19. The van der Waals surface area contributed by atoms with Gasteiger partial charge in [-0.1, -0.05) is 55.1 Å². The lowest BCUT2D eigenvalue weighted by Gasteiger charge is -2.22. The van der Waals surface area contributed by atoms with Crippen molar-refractivity contribution < 1.29 is 9.53 Å². The van der Waals surface area contributed by atoms with Crippen molar-refractivity contribution in [3.05, 3.63) is 72.3 Å². The summed E-state index contributed by atoms with van der Waals surface area (Å²) in [5.41, 5.74) is 2.72. The van der Waals surface area contributed by atoms with Crippen LogP contribution in [0.4, 0.5) is 10.5 Å². The second-order valence-corrected chi connectivity index (χ2v) is 4.64. The molecule has 3 nitrogen and oxygen atoms in total. The minimum Gasteiger partial charge on any atom is -0.447 e. The van der Waals surface area contributed by atoms with Crippen molar-refractivity contribution in [1.82, 2.24) is 0 Å². The van der Waals surface area contributed by atoms with Gasteiger partial charge in [0.15, 0.2) is 0 Å². The van der Waals surface area contributed by atoms with E-state index in [1.165, 1.54) is 6.08 Å². The Labute approximate surface area is 118 Å². The molecule has 0 unspecified atom stereocenters. The molecule has 3 rings (SSSR count). The number of amides is 1. The molecular weight excluding hydrogens is 250 g/mol. The molecule has 1 saturated heterocycles. The number of benzene rings is 2. The van der Waals surface area contributed by atoms with Crippen molar-refractivity contribution in [3.8, 4) is 0 Å². The molecule has 1 aliphatic rings. The molecular formula is C17H14NO2. The van der Waals surface area contributed by atoms with Crippen LogP contribution < -0.4 is 4.90 Å². The number of ether oxygens (including phenoxy) is 1. The van der Waals surface area contributed by atoms with Crippen LogP contribution in [0.15, 0.2) is 54.6 Å². The summed E-state index contributed by atoms with van der Waals surface area (Å²) in [5.74, 6) is 0. The van der Waals surface area contributed by atoms with Crippen LogP contribution in [-0.2, 0) is 4.74 Å². The van der Waals surface area contributed by atoms with E-state index in [1.54, 1.807) is 4.90 Å². The third-order valence-electron chi connectivity index (χ3n) is 3.40. The Hall–Kier alpha value is -2.55. The van der Waals surface area contributed by atoms with Crippen LogP contribution >= 0.6 is 0 Å².